The Labute approximate surface area is 132 Å². The van der Waals surface area contributed by atoms with Gasteiger partial charge in [0.15, 0.2) is 5.11 Å². The predicted octanol–water partition coefficient (Wildman–Crippen LogP) is 2.94. The van der Waals surface area contributed by atoms with E-state index in [0.29, 0.717) is 24.6 Å². The number of rotatable bonds is 7. The van der Waals surface area contributed by atoms with E-state index in [4.69, 9.17) is 17.0 Å². The Bertz CT molecular complexity index is 460. The zero-order chi connectivity index (χ0) is 15.7. The number of ether oxygens (including phenoxy) is 1. The predicted molar refractivity (Wildman–Crippen MR) is 89.5 cm³/mol. The Morgan fingerprint density at radius 1 is 1.33 bits per heavy atom. The number of nitrogens with one attached hydrogen (secondary N) is 2. The molecule has 0 bridgehead atoms. The molecule has 0 heterocycles. The number of aryl methyl sites for hydroxylation is 1. The fraction of sp³-hybridized carbons (Fsp3) is 0.500. The highest BCUT2D eigenvalue weighted by Gasteiger charge is 2.06. The Kier molecular flexibility index (Phi) is 7.75. The summed E-state index contributed by atoms with van der Waals surface area (Å²) in [6.07, 6.45) is 2.01. The average Bonchev–Trinajstić information content (AvgIpc) is 2.45. The highest BCUT2D eigenvalue weighted by Crippen LogP contribution is 2.11. The van der Waals surface area contributed by atoms with Crippen molar-refractivity contribution in [2.75, 3.05) is 6.61 Å². The van der Waals surface area contributed by atoms with Gasteiger partial charge < -0.3 is 15.4 Å². The first-order valence-electron chi connectivity index (χ1n) is 7.31. The average molecular weight is 308 g/mol. The molecular weight excluding hydrogens is 284 g/mol. The molecule has 116 valence electrons. The lowest BCUT2D eigenvalue weighted by Gasteiger charge is -2.14. The molecule has 0 fully saturated rings. The number of hydrogen-bond donors (Lipinski definition) is 2. The number of carbonyl (C=O) groups is 1. The molecule has 0 aromatic heterocycles. The zero-order valence-electron chi connectivity index (χ0n) is 12.9. The van der Waals surface area contributed by atoms with Gasteiger partial charge >= 0.3 is 0 Å². The maximum atomic E-state index is 11.7. The Morgan fingerprint density at radius 3 is 2.62 bits per heavy atom. The van der Waals surface area contributed by atoms with Crippen LogP contribution in [-0.4, -0.2) is 23.7 Å². The maximum absolute atomic E-state index is 11.7. The minimum absolute atomic E-state index is 0.0803. The normalized spacial score (nSPS) is 11.6. The third-order valence-electron chi connectivity index (χ3n) is 3.08. The summed E-state index contributed by atoms with van der Waals surface area (Å²) in [4.78, 5) is 11.7. The second-order valence-corrected chi connectivity index (χ2v) is 5.50. The highest BCUT2D eigenvalue weighted by molar-refractivity contribution is 7.80. The van der Waals surface area contributed by atoms with E-state index in [0.717, 1.165) is 12.2 Å². The first kappa shape index (κ1) is 17.4. The molecule has 0 spiro atoms. The summed E-state index contributed by atoms with van der Waals surface area (Å²) in [6.45, 7) is 6.63. The molecule has 1 aromatic rings. The van der Waals surface area contributed by atoms with E-state index in [1.54, 1.807) is 0 Å². The van der Waals surface area contributed by atoms with Gasteiger partial charge in [-0.25, -0.2) is 0 Å². The maximum Gasteiger partial charge on any atom is 0.226 e. The molecule has 1 atom stereocenters. The summed E-state index contributed by atoms with van der Waals surface area (Å²) < 4.78 is 5.57. The first-order chi connectivity index (χ1) is 10.0. The van der Waals surface area contributed by atoms with Crippen LogP contribution >= 0.6 is 12.2 Å². The van der Waals surface area contributed by atoms with Crippen LogP contribution in [0, 0.1) is 6.92 Å². The minimum atomic E-state index is -0.0803. The number of hydrogen-bond acceptors (Lipinski definition) is 3. The molecule has 0 aliphatic rings. The Hall–Kier alpha value is -1.62. The van der Waals surface area contributed by atoms with Crippen molar-refractivity contribution >= 4 is 23.2 Å². The number of benzene rings is 1. The van der Waals surface area contributed by atoms with Crippen LogP contribution in [0.5, 0.6) is 5.75 Å². The van der Waals surface area contributed by atoms with Gasteiger partial charge in [0.2, 0.25) is 5.91 Å². The fourth-order valence-electron chi connectivity index (χ4n) is 1.61. The number of amides is 1. The minimum Gasteiger partial charge on any atom is -0.494 e. The summed E-state index contributed by atoms with van der Waals surface area (Å²) in [5.74, 6) is 0.748. The Morgan fingerprint density at radius 2 is 2.00 bits per heavy atom. The quantitative estimate of drug-likeness (QED) is 0.601. The van der Waals surface area contributed by atoms with Gasteiger partial charge in [-0.05, 0) is 51.0 Å². The van der Waals surface area contributed by atoms with Gasteiger partial charge in [0.1, 0.15) is 5.75 Å². The van der Waals surface area contributed by atoms with Gasteiger partial charge in [-0.2, -0.15) is 0 Å². The molecule has 21 heavy (non-hydrogen) atoms. The summed E-state index contributed by atoms with van der Waals surface area (Å²) in [7, 11) is 0. The van der Waals surface area contributed by atoms with E-state index in [2.05, 4.69) is 17.6 Å². The fourth-order valence-corrected chi connectivity index (χ4v) is 1.92. The van der Waals surface area contributed by atoms with Gasteiger partial charge in [0.25, 0.3) is 0 Å². The molecular formula is C16H24N2O2S. The molecule has 1 amide bonds. The van der Waals surface area contributed by atoms with E-state index in [1.807, 2.05) is 38.1 Å². The molecule has 0 radical (unpaired) electrons. The molecule has 5 heteroatoms. The van der Waals surface area contributed by atoms with Crippen molar-refractivity contribution in [1.29, 1.82) is 0 Å². The van der Waals surface area contributed by atoms with Crippen molar-refractivity contribution in [3.8, 4) is 5.75 Å². The third kappa shape index (κ3) is 7.66. The molecule has 1 aromatic carbocycles. The second-order valence-electron chi connectivity index (χ2n) is 5.10. The van der Waals surface area contributed by atoms with E-state index in [1.165, 1.54) is 5.56 Å². The van der Waals surface area contributed by atoms with Gasteiger partial charge in [-0.3, -0.25) is 4.79 Å². The van der Waals surface area contributed by atoms with E-state index < -0.39 is 0 Å². The van der Waals surface area contributed by atoms with Gasteiger partial charge in [0, 0.05) is 12.5 Å². The standard InChI is InChI=1S/C16H24N2O2S/c1-4-13(3)17-16(21)18-15(19)6-5-11-20-14-9-7-12(2)8-10-14/h7-10,13H,4-6,11H2,1-3H3,(H2,17,18,19,21). The highest BCUT2D eigenvalue weighted by atomic mass is 32.1. The number of carbonyl (C=O) groups excluding carboxylic acids is 1. The van der Waals surface area contributed by atoms with Crippen LogP contribution in [0.25, 0.3) is 0 Å². The van der Waals surface area contributed by atoms with Gasteiger partial charge in [-0.15, -0.1) is 0 Å². The molecule has 2 N–H and O–H groups in total. The molecule has 0 saturated heterocycles. The van der Waals surface area contributed by atoms with Crippen molar-refractivity contribution in [2.45, 2.75) is 46.1 Å². The monoisotopic (exact) mass is 308 g/mol. The van der Waals surface area contributed by atoms with Crippen LogP contribution in [0.4, 0.5) is 0 Å². The van der Waals surface area contributed by atoms with Crippen LogP contribution in [0.2, 0.25) is 0 Å². The summed E-state index contributed by atoms with van der Waals surface area (Å²) in [5, 5.41) is 6.12. The summed E-state index contributed by atoms with van der Waals surface area (Å²) in [5.41, 5.74) is 1.20. The van der Waals surface area contributed by atoms with Crippen LogP contribution in [0.1, 0.15) is 38.7 Å². The first-order valence-corrected chi connectivity index (χ1v) is 7.72. The molecule has 0 aliphatic carbocycles. The van der Waals surface area contributed by atoms with Crippen molar-refractivity contribution < 1.29 is 9.53 Å². The van der Waals surface area contributed by atoms with Crippen LogP contribution < -0.4 is 15.4 Å². The SMILES string of the molecule is CCC(C)NC(=S)NC(=O)CCCOc1ccc(C)cc1. The smallest absolute Gasteiger partial charge is 0.226 e. The summed E-state index contributed by atoms with van der Waals surface area (Å²) >= 11 is 5.07. The zero-order valence-corrected chi connectivity index (χ0v) is 13.8. The van der Waals surface area contributed by atoms with Crippen molar-refractivity contribution in [3.05, 3.63) is 29.8 Å². The van der Waals surface area contributed by atoms with Crippen molar-refractivity contribution in [2.24, 2.45) is 0 Å². The Balaban J connectivity index is 2.16. The topological polar surface area (TPSA) is 50.4 Å². The van der Waals surface area contributed by atoms with E-state index in [9.17, 15) is 4.79 Å². The lowest BCUT2D eigenvalue weighted by atomic mass is 10.2. The lowest BCUT2D eigenvalue weighted by Crippen LogP contribution is -2.43. The molecule has 0 saturated carbocycles. The van der Waals surface area contributed by atoms with Crippen molar-refractivity contribution in [3.63, 3.8) is 0 Å². The summed E-state index contributed by atoms with van der Waals surface area (Å²) in [6, 6.07) is 8.13. The van der Waals surface area contributed by atoms with Gasteiger partial charge in [0.05, 0.1) is 6.61 Å². The van der Waals surface area contributed by atoms with Crippen LogP contribution in [-0.2, 0) is 4.79 Å². The second kappa shape index (κ2) is 9.34. The third-order valence-corrected chi connectivity index (χ3v) is 3.30. The van der Waals surface area contributed by atoms with E-state index >= 15 is 0 Å². The number of thiocarbonyl (C=S) groups is 1. The molecule has 1 rings (SSSR count). The van der Waals surface area contributed by atoms with E-state index in [-0.39, 0.29) is 11.9 Å². The molecule has 0 aliphatic heterocycles. The van der Waals surface area contributed by atoms with Gasteiger partial charge in [-0.1, -0.05) is 24.6 Å². The van der Waals surface area contributed by atoms with Crippen LogP contribution in [0.15, 0.2) is 24.3 Å². The molecule has 4 nitrogen and oxygen atoms in total. The molecule has 1 unspecified atom stereocenters. The van der Waals surface area contributed by atoms with Crippen LogP contribution in [0.3, 0.4) is 0 Å². The lowest BCUT2D eigenvalue weighted by molar-refractivity contribution is -0.119. The largest absolute Gasteiger partial charge is 0.494 e. The van der Waals surface area contributed by atoms with Crippen molar-refractivity contribution in [1.82, 2.24) is 10.6 Å².